The monoisotopic (exact) mass is 302 g/mol. The van der Waals surface area contributed by atoms with Gasteiger partial charge in [0.1, 0.15) is 0 Å². The molecule has 0 radical (unpaired) electrons. The minimum atomic E-state index is 0.279. The van der Waals surface area contributed by atoms with Crippen LogP contribution in [0.5, 0.6) is 0 Å². The van der Waals surface area contributed by atoms with Crippen molar-refractivity contribution >= 4 is 34.9 Å². The molecule has 0 spiro atoms. The van der Waals surface area contributed by atoms with Crippen molar-refractivity contribution in [2.24, 2.45) is 17.6 Å². The van der Waals surface area contributed by atoms with Crippen molar-refractivity contribution in [2.45, 2.75) is 39.5 Å². The molecular weight excluding hydrogens is 276 g/mol. The van der Waals surface area contributed by atoms with Crippen molar-refractivity contribution in [1.29, 1.82) is 0 Å². The van der Waals surface area contributed by atoms with E-state index in [1.165, 1.54) is 24.3 Å². The third-order valence-corrected chi connectivity index (χ3v) is 4.62. The Hall–Kier alpha value is -0.290. The van der Waals surface area contributed by atoms with Gasteiger partial charge in [-0.05, 0) is 36.2 Å². The van der Waals surface area contributed by atoms with Crippen LogP contribution >= 0.6 is 24.0 Å². The molecule has 1 saturated heterocycles. The average molecular weight is 303 g/mol. The number of hydrogen-bond acceptors (Lipinski definition) is 3. The first kappa shape index (κ1) is 16.8. The van der Waals surface area contributed by atoms with Crippen LogP contribution in [0.1, 0.15) is 39.5 Å². The Bertz CT molecular complexity index is 302. The van der Waals surface area contributed by atoms with Gasteiger partial charge in [-0.1, -0.05) is 26.1 Å². The van der Waals surface area contributed by atoms with E-state index < -0.39 is 0 Å². The van der Waals surface area contributed by atoms with E-state index in [0.717, 1.165) is 6.54 Å². The number of carbonyl (C=O) groups excluding carboxylic acids is 1. The molecule has 0 aromatic rings. The second-order valence-corrected chi connectivity index (χ2v) is 7.46. The quantitative estimate of drug-likeness (QED) is 0.735. The van der Waals surface area contributed by atoms with Gasteiger partial charge in [-0.15, -0.1) is 0 Å². The zero-order chi connectivity index (χ0) is 14.3. The highest BCUT2D eigenvalue weighted by Gasteiger charge is 2.21. The van der Waals surface area contributed by atoms with Crippen molar-refractivity contribution in [2.75, 3.05) is 24.6 Å². The van der Waals surface area contributed by atoms with E-state index in [-0.39, 0.29) is 5.91 Å². The van der Waals surface area contributed by atoms with E-state index in [0.29, 0.717) is 36.2 Å². The van der Waals surface area contributed by atoms with Gasteiger partial charge in [0.15, 0.2) is 0 Å². The second kappa shape index (κ2) is 8.80. The number of nitrogens with zero attached hydrogens (tertiary/aromatic N) is 1. The van der Waals surface area contributed by atoms with Crippen molar-refractivity contribution in [1.82, 2.24) is 4.90 Å². The van der Waals surface area contributed by atoms with E-state index in [2.05, 4.69) is 13.8 Å². The Kier molecular flexibility index (Phi) is 7.76. The first-order chi connectivity index (χ1) is 8.99. The molecule has 0 aromatic heterocycles. The van der Waals surface area contributed by atoms with Crippen LogP contribution in [-0.2, 0) is 4.79 Å². The topological polar surface area (TPSA) is 46.3 Å². The highest BCUT2D eigenvalue weighted by atomic mass is 32.2. The number of thioether (sulfide) groups is 1. The molecule has 0 bridgehead atoms. The van der Waals surface area contributed by atoms with Gasteiger partial charge >= 0.3 is 0 Å². The molecule has 0 saturated carbocycles. The summed E-state index contributed by atoms with van der Waals surface area (Å²) in [5.41, 5.74) is 5.55. The number of nitrogens with two attached hydrogens (primary N) is 1. The normalized spacial score (nSPS) is 16.6. The van der Waals surface area contributed by atoms with Gasteiger partial charge in [-0.2, -0.15) is 11.8 Å². The minimum Gasteiger partial charge on any atom is -0.393 e. The van der Waals surface area contributed by atoms with Crippen molar-refractivity contribution in [3.8, 4) is 0 Å². The molecular formula is C14H26N2OS2. The summed E-state index contributed by atoms with van der Waals surface area (Å²) in [5, 5.41) is 0. The fraction of sp³-hybridized carbons (Fsp3) is 0.857. The Balaban J connectivity index is 2.46. The van der Waals surface area contributed by atoms with E-state index >= 15 is 0 Å². The summed E-state index contributed by atoms with van der Waals surface area (Å²) < 4.78 is 0. The highest BCUT2D eigenvalue weighted by Crippen LogP contribution is 2.26. The lowest BCUT2D eigenvalue weighted by atomic mass is 9.98. The summed E-state index contributed by atoms with van der Waals surface area (Å²) in [5.74, 6) is 3.75. The molecule has 3 nitrogen and oxygen atoms in total. The van der Waals surface area contributed by atoms with Crippen LogP contribution in [0.25, 0.3) is 0 Å². The number of carbonyl (C=O) groups is 1. The number of rotatable bonds is 7. The molecule has 1 rings (SSSR count). The predicted molar refractivity (Wildman–Crippen MR) is 87.5 cm³/mol. The van der Waals surface area contributed by atoms with Gasteiger partial charge in [0.05, 0.1) is 4.99 Å². The molecule has 19 heavy (non-hydrogen) atoms. The minimum absolute atomic E-state index is 0.279. The third kappa shape index (κ3) is 7.16. The van der Waals surface area contributed by atoms with Gasteiger partial charge in [-0.3, -0.25) is 4.79 Å². The summed E-state index contributed by atoms with van der Waals surface area (Å²) in [6.45, 7) is 5.76. The number of hydrogen-bond donors (Lipinski definition) is 1. The van der Waals surface area contributed by atoms with Crippen LogP contribution in [0.2, 0.25) is 0 Å². The fourth-order valence-corrected chi connectivity index (χ4v) is 3.63. The molecule has 2 N–H and O–H groups in total. The smallest absolute Gasteiger partial charge is 0.222 e. The lowest BCUT2D eigenvalue weighted by Gasteiger charge is -2.28. The molecule has 5 heteroatoms. The largest absolute Gasteiger partial charge is 0.393 e. The van der Waals surface area contributed by atoms with Crippen LogP contribution in [0, 0.1) is 11.8 Å². The number of amides is 1. The van der Waals surface area contributed by atoms with Gasteiger partial charge in [0.25, 0.3) is 0 Å². The van der Waals surface area contributed by atoms with Crippen LogP contribution in [-0.4, -0.2) is 40.4 Å². The summed E-state index contributed by atoms with van der Waals surface area (Å²) >= 11 is 6.91. The van der Waals surface area contributed by atoms with Gasteiger partial charge < -0.3 is 10.6 Å². The van der Waals surface area contributed by atoms with Crippen LogP contribution in [0.4, 0.5) is 0 Å². The third-order valence-electron chi connectivity index (χ3n) is 3.37. The molecule has 0 aromatic carbocycles. The maximum atomic E-state index is 12.4. The van der Waals surface area contributed by atoms with Gasteiger partial charge in [0, 0.05) is 25.9 Å². The van der Waals surface area contributed by atoms with Crippen molar-refractivity contribution in [3.63, 3.8) is 0 Å². The van der Waals surface area contributed by atoms with E-state index in [1.54, 1.807) is 0 Å². The molecule has 1 aliphatic heterocycles. The van der Waals surface area contributed by atoms with Crippen molar-refractivity contribution in [3.05, 3.63) is 0 Å². The summed E-state index contributed by atoms with van der Waals surface area (Å²) in [7, 11) is 0. The van der Waals surface area contributed by atoms with Crippen molar-refractivity contribution < 1.29 is 4.79 Å². The molecule has 1 aliphatic rings. The zero-order valence-corrected chi connectivity index (χ0v) is 13.7. The highest BCUT2D eigenvalue weighted by molar-refractivity contribution is 7.99. The molecule has 110 valence electrons. The molecule has 1 fully saturated rings. The van der Waals surface area contributed by atoms with E-state index in [9.17, 15) is 4.79 Å². The lowest BCUT2D eigenvalue weighted by molar-refractivity contribution is -0.132. The Labute approximate surface area is 126 Å². The zero-order valence-electron chi connectivity index (χ0n) is 12.1. The SMILES string of the molecule is CC(C)CN(CCC(N)=S)C(=O)CC1CCSCC1. The lowest BCUT2D eigenvalue weighted by Crippen LogP contribution is -2.37. The molecule has 0 atom stereocenters. The van der Waals surface area contributed by atoms with Crippen LogP contribution in [0.15, 0.2) is 0 Å². The first-order valence-electron chi connectivity index (χ1n) is 7.13. The summed E-state index contributed by atoms with van der Waals surface area (Å²) in [6.07, 6.45) is 3.70. The molecule has 1 heterocycles. The summed E-state index contributed by atoms with van der Waals surface area (Å²) in [4.78, 5) is 14.8. The summed E-state index contributed by atoms with van der Waals surface area (Å²) in [6, 6.07) is 0. The Morgan fingerprint density at radius 1 is 1.42 bits per heavy atom. The second-order valence-electron chi connectivity index (χ2n) is 5.71. The maximum absolute atomic E-state index is 12.4. The molecule has 0 aliphatic carbocycles. The van der Waals surface area contributed by atoms with Crippen LogP contribution < -0.4 is 5.73 Å². The average Bonchev–Trinajstić information content (AvgIpc) is 2.35. The first-order valence-corrected chi connectivity index (χ1v) is 8.69. The standard InChI is InChI=1S/C14H26N2OS2/c1-11(2)10-16(6-3-13(15)18)14(17)9-12-4-7-19-8-5-12/h11-12H,3-10H2,1-2H3,(H2,15,18). The Morgan fingerprint density at radius 3 is 2.58 bits per heavy atom. The Morgan fingerprint density at radius 2 is 2.05 bits per heavy atom. The molecule has 0 unspecified atom stereocenters. The fourth-order valence-electron chi connectivity index (χ4n) is 2.33. The maximum Gasteiger partial charge on any atom is 0.222 e. The van der Waals surface area contributed by atoms with E-state index in [1.807, 2.05) is 16.7 Å². The van der Waals surface area contributed by atoms with Gasteiger partial charge in [-0.25, -0.2) is 0 Å². The number of thiocarbonyl (C=S) groups is 1. The molecule has 1 amide bonds. The van der Waals surface area contributed by atoms with Crippen LogP contribution in [0.3, 0.4) is 0 Å². The van der Waals surface area contributed by atoms with Gasteiger partial charge in [0.2, 0.25) is 5.91 Å². The van der Waals surface area contributed by atoms with E-state index in [4.69, 9.17) is 18.0 Å². The predicted octanol–water partition coefficient (Wildman–Crippen LogP) is 2.68.